The molecular weight excluding hydrogens is 180 g/mol. The molecule has 0 bridgehead atoms. The second-order valence-corrected chi connectivity index (χ2v) is 4.51. The first-order valence-corrected chi connectivity index (χ1v) is 5.44. The number of rotatable bonds is 4. The summed E-state index contributed by atoms with van der Waals surface area (Å²) in [5.74, 6) is 0. The molecular formula is C15H20. The predicted molar refractivity (Wildman–Crippen MR) is 69.6 cm³/mol. The Morgan fingerprint density at radius 3 is 2.47 bits per heavy atom. The van der Waals surface area contributed by atoms with Crippen molar-refractivity contribution in [2.45, 2.75) is 27.2 Å². The van der Waals surface area contributed by atoms with Crippen LogP contribution in [0.4, 0.5) is 0 Å². The van der Waals surface area contributed by atoms with Gasteiger partial charge < -0.3 is 0 Å². The van der Waals surface area contributed by atoms with Gasteiger partial charge in [0, 0.05) is 0 Å². The highest BCUT2D eigenvalue weighted by molar-refractivity contribution is 5.75. The zero-order chi connectivity index (χ0) is 11.5. The zero-order valence-corrected chi connectivity index (χ0v) is 10.0. The summed E-state index contributed by atoms with van der Waals surface area (Å²) in [6.07, 6.45) is 2.99. The molecule has 1 aromatic rings. The fraction of sp³-hybridized carbons (Fsp3) is 0.333. The minimum atomic E-state index is 0.152. The molecule has 0 fully saturated rings. The Labute approximate surface area is 93.3 Å². The average Bonchev–Trinajstić information content (AvgIpc) is 2.28. The zero-order valence-electron chi connectivity index (χ0n) is 10.0. The van der Waals surface area contributed by atoms with E-state index in [0.29, 0.717) is 0 Å². The molecule has 0 heterocycles. The standard InChI is InChI=1S/C15H20/c1-6-13-10-8-9-11-14(13)12(3)15(4,5)7-2/h6,8-11H,1,3,7H2,2,4-5H3. The van der Waals surface area contributed by atoms with Crippen molar-refractivity contribution in [2.24, 2.45) is 5.41 Å². The summed E-state index contributed by atoms with van der Waals surface area (Å²) in [5.41, 5.74) is 3.74. The number of benzene rings is 1. The maximum absolute atomic E-state index is 4.23. The fourth-order valence-corrected chi connectivity index (χ4v) is 1.53. The van der Waals surface area contributed by atoms with Crippen LogP contribution < -0.4 is 0 Å². The number of allylic oxidation sites excluding steroid dienone is 1. The lowest BCUT2D eigenvalue weighted by Gasteiger charge is -2.27. The van der Waals surface area contributed by atoms with Gasteiger partial charge >= 0.3 is 0 Å². The lowest BCUT2D eigenvalue weighted by molar-refractivity contribution is 0.483. The molecule has 0 saturated carbocycles. The van der Waals surface area contributed by atoms with E-state index in [-0.39, 0.29) is 5.41 Å². The quantitative estimate of drug-likeness (QED) is 0.656. The first kappa shape index (κ1) is 11.8. The van der Waals surface area contributed by atoms with Gasteiger partial charge in [0.05, 0.1) is 0 Å². The van der Waals surface area contributed by atoms with Crippen molar-refractivity contribution in [2.75, 3.05) is 0 Å². The smallest absolute Gasteiger partial charge is 0.0106 e. The monoisotopic (exact) mass is 200 g/mol. The Kier molecular flexibility index (Phi) is 3.52. The van der Waals surface area contributed by atoms with Gasteiger partial charge in [-0.25, -0.2) is 0 Å². The summed E-state index contributed by atoms with van der Waals surface area (Å²) < 4.78 is 0. The van der Waals surface area contributed by atoms with E-state index in [1.165, 1.54) is 16.7 Å². The van der Waals surface area contributed by atoms with Gasteiger partial charge in [-0.2, -0.15) is 0 Å². The Morgan fingerprint density at radius 1 is 1.33 bits per heavy atom. The van der Waals surface area contributed by atoms with Crippen molar-refractivity contribution in [3.8, 4) is 0 Å². The highest BCUT2D eigenvalue weighted by atomic mass is 14.3. The first-order chi connectivity index (χ1) is 7.03. The molecule has 0 N–H and O–H groups in total. The fourth-order valence-electron chi connectivity index (χ4n) is 1.53. The summed E-state index contributed by atoms with van der Waals surface area (Å²) in [4.78, 5) is 0. The maximum Gasteiger partial charge on any atom is -0.0106 e. The van der Waals surface area contributed by atoms with Gasteiger partial charge in [-0.1, -0.05) is 64.3 Å². The molecule has 0 heteroatoms. The molecule has 15 heavy (non-hydrogen) atoms. The van der Waals surface area contributed by atoms with Crippen molar-refractivity contribution in [1.29, 1.82) is 0 Å². The van der Waals surface area contributed by atoms with Crippen molar-refractivity contribution in [3.63, 3.8) is 0 Å². The van der Waals surface area contributed by atoms with Gasteiger partial charge in [0.2, 0.25) is 0 Å². The highest BCUT2D eigenvalue weighted by Crippen LogP contribution is 2.37. The molecule has 0 amide bonds. The molecule has 0 saturated heterocycles. The average molecular weight is 200 g/mol. The van der Waals surface area contributed by atoms with E-state index in [1.54, 1.807) is 0 Å². The van der Waals surface area contributed by atoms with E-state index in [1.807, 2.05) is 12.1 Å². The second kappa shape index (κ2) is 4.48. The first-order valence-electron chi connectivity index (χ1n) is 5.44. The Morgan fingerprint density at radius 2 is 1.93 bits per heavy atom. The normalized spacial score (nSPS) is 11.1. The van der Waals surface area contributed by atoms with Crippen LogP contribution in [0.1, 0.15) is 38.3 Å². The molecule has 0 aliphatic heterocycles. The van der Waals surface area contributed by atoms with Gasteiger partial charge in [-0.05, 0) is 28.5 Å². The molecule has 0 aliphatic carbocycles. The third-order valence-electron chi connectivity index (χ3n) is 3.21. The lowest BCUT2D eigenvalue weighted by atomic mass is 9.78. The minimum absolute atomic E-state index is 0.152. The van der Waals surface area contributed by atoms with Crippen LogP contribution in [0.15, 0.2) is 37.4 Å². The molecule has 80 valence electrons. The minimum Gasteiger partial charge on any atom is -0.0984 e. The SMILES string of the molecule is C=Cc1ccccc1C(=C)C(C)(C)CC. The summed E-state index contributed by atoms with van der Waals surface area (Å²) in [6, 6.07) is 8.29. The number of hydrogen-bond acceptors (Lipinski definition) is 0. The summed E-state index contributed by atoms with van der Waals surface area (Å²) in [7, 11) is 0. The molecule has 0 nitrogen and oxygen atoms in total. The van der Waals surface area contributed by atoms with Crippen LogP contribution in [0.25, 0.3) is 11.6 Å². The molecule has 0 radical (unpaired) electrons. The Bertz CT molecular complexity index is 369. The third kappa shape index (κ3) is 2.38. The third-order valence-corrected chi connectivity index (χ3v) is 3.21. The predicted octanol–water partition coefficient (Wildman–Crippen LogP) is 4.78. The van der Waals surface area contributed by atoms with E-state index in [4.69, 9.17) is 0 Å². The van der Waals surface area contributed by atoms with Gasteiger partial charge in [-0.3, -0.25) is 0 Å². The van der Waals surface area contributed by atoms with Crippen molar-refractivity contribution < 1.29 is 0 Å². The van der Waals surface area contributed by atoms with Gasteiger partial charge in [0.15, 0.2) is 0 Å². The Balaban J connectivity index is 3.17. The van der Waals surface area contributed by atoms with Crippen LogP contribution in [0.5, 0.6) is 0 Å². The molecule has 0 spiro atoms. The van der Waals surface area contributed by atoms with Crippen molar-refractivity contribution in [3.05, 3.63) is 48.6 Å². The van der Waals surface area contributed by atoms with Crippen LogP contribution in [0.2, 0.25) is 0 Å². The van der Waals surface area contributed by atoms with Crippen LogP contribution in [0.3, 0.4) is 0 Å². The highest BCUT2D eigenvalue weighted by Gasteiger charge is 2.21. The van der Waals surface area contributed by atoms with Gasteiger partial charge in [0.25, 0.3) is 0 Å². The van der Waals surface area contributed by atoms with Crippen molar-refractivity contribution in [1.82, 2.24) is 0 Å². The molecule has 0 aliphatic rings. The van der Waals surface area contributed by atoms with Gasteiger partial charge in [0.1, 0.15) is 0 Å². The van der Waals surface area contributed by atoms with E-state index in [0.717, 1.165) is 6.42 Å². The van der Waals surface area contributed by atoms with E-state index >= 15 is 0 Å². The van der Waals surface area contributed by atoms with Crippen molar-refractivity contribution >= 4 is 11.6 Å². The molecule has 1 aromatic carbocycles. The summed E-state index contributed by atoms with van der Waals surface area (Å²) >= 11 is 0. The van der Waals surface area contributed by atoms with Crippen LogP contribution >= 0.6 is 0 Å². The van der Waals surface area contributed by atoms with Gasteiger partial charge in [-0.15, -0.1) is 0 Å². The van der Waals surface area contributed by atoms with Crippen LogP contribution in [-0.4, -0.2) is 0 Å². The van der Waals surface area contributed by atoms with Crippen LogP contribution in [0, 0.1) is 5.41 Å². The maximum atomic E-state index is 4.23. The largest absolute Gasteiger partial charge is 0.0984 e. The summed E-state index contributed by atoms with van der Waals surface area (Å²) in [6.45, 7) is 14.7. The summed E-state index contributed by atoms with van der Waals surface area (Å²) in [5, 5.41) is 0. The number of hydrogen-bond donors (Lipinski definition) is 0. The Hall–Kier alpha value is -1.30. The van der Waals surface area contributed by atoms with Crippen LogP contribution in [-0.2, 0) is 0 Å². The molecule has 0 unspecified atom stereocenters. The molecule has 1 rings (SSSR count). The molecule has 0 aromatic heterocycles. The topological polar surface area (TPSA) is 0 Å². The lowest BCUT2D eigenvalue weighted by Crippen LogP contribution is -2.12. The van der Waals surface area contributed by atoms with E-state index in [2.05, 4.69) is 52.1 Å². The second-order valence-electron chi connectivity index (χ2n) is 4.51. The van der Waals surface area contributed by atoms with E-state index < -0.39 is 0 Å². The molecule has 0 atom stereocenters. The van der Waals surface area contributed by atoms with E-state index in [9.17, 15) is 0 Å².